The van der Waals surface area contributed by atoms with E-state index in [-0.39, 0.29) is 30.3 Å². The number of H-pyrrole nitrogens is 1. The number of aromatic amines is 1. The number of hydrogen-bond acceptors (Lipinski definition) is 5. The third-order valence-electron chi connectivity index (χ3n) is 4.49. The number of nitrogens with zero attached hydrogens (tertiary/aromatic N) is 3. The first-order valence-corrected chi connectivity index (χ1v) is 8.41. The van der Waals surface area contributed by atoms with Crippen molar-refractivity contribution >= 4 is 17.8 Å². The van der Waals surface area contributed by atoms with Gasteiger partial charge in [-0.3, -0.25) is 20.0 Å². The fourth-order valence-corrected chi connectivity index (χ4v) is 3.19. The molecule has 4 rings (SSSR count). The second-order valence-electron chi connectivity index (χ2n) is 6.23. The Labute approximate surface area is 144 Å². The molecule has 1 aromatic heterocycles. The maximum Gasteiger partial charge on any atom is 0.254 e. The third-order valence-corrected chi connectivity index (χ3v) is 4.49. The fraction of sp³-hybridized carbons (Fsp3) is 0.412. The van der Waals surface area contributed by atoms with Crippen molar-refractivity contribution < 1.29 is 14.3 Å². The second kappa shape index (κ2) is 6.64. The summed E-state index contributed by atoms with van der Waals surface area (Å²) in [7, 11) is 0. The molecule has 3 heterocycles. The van der Waals surface area contributed by atoms with E-state index in [2.05, 4.69) is 20.5 Å². The van der Waals surface area contributed by atoms with Gasteiger partial charge in [-0.1, -0.05) is 18.2 Å². The lowest BCUT2D eigenvalue weighted by Crippen LogP contribution is -2.28. The Bertz CT molecular complexity index is 797. The summed E-state index contributed by atoms with van der Waals surface area (Å²) < 4.78 is 5.52. The van der Waals surface area contributed by atoms with Gasteiger partial charge in [-0.25, -0.2) is 0 Å². The molecule has 25 heavy (non-hydrogen) atoms. The van der Waals surface area contributed by atoms with Gasteiger partial charge in [-0.2, -0.15) is 4.98 Å². The van der Waals surface area contributed by atoms with Crippen molar-refractivity contribution in [1.82, 2.24) is 20.1 Å². The van der Waals surface area contributed by atoms with E-state index in [4.69, 9.17) is 4.74 Å². The van der Waals surface area contributed by atoms with Gasteiger partial charge in [-0.15, -0.1) is 5.10 Å². The second-order valence-corrected chi connectivity index (χ2v) is 6.23. The topological polar surface area (TPSA) is 100 Å². The monoisotopic (exact) mass is 341 g/mol. The highest BCUT2D eigenvalue weighted by Crippen LogP contribution is 2.26. The average Bonchev–Trinajstić information content (AvgIpc) is 3.34. The summed E-state index contributed by atoms with van der Waals surface area (Å²) in [6.07, 6.45) is 2.03. The van der Waals surface area contributed by atoms with Crippen LogP contribution in [0.1, 0.15) is 47.1 Å². The molecule has 0 unspecified atom stereocenters. The van der Waals surface area contributed by atoms with Crippen LogP contribution in [0.25, 0.3) is 0 Å². The molecule has 130 valence electrons. The molecule has 0 aliphatic carbocycles. The molecule has 0 saturated carbocycles. The van der Waals surface area contributed by atoms with Gasteiger partial charge in [0.1, 0.15) is 6.10 Å². The molecule has 8 heteroatoms. The van der Waals surface area contributed by atoms with Gasteiger partial charge in [0, 0.05) is 31.7 Å². The van der Waals surface area contributed by atoms with Crippen LogP contribution in [0.5, 0.6) is 0 Å². The van der Waals surface area contributed by atoms with Gasteiger partial charge in [0.2, 0.25) is 11.9 Å². The van der Waals surface area contributed by atoms with E-state index < -0.39 is 0 Å². The summed E-state index contributed by atoms with van der Waals surface area (Å²) in [5.41, 5.74) is 1.72. The number of nitrogens with one attached hydrogen (secondary N) is 2. The van der Waals surface area contributed by atoms with Gasteiger partial charge >= 0.3 is 0 Å². The molecule has 2 aliphatic heterocycles. The number of rotatable bonds is 5. The fourth-order valence-electron chi connectivity index (χ4n) is 3.19. The molecular formula is C17H19N5O3. The van der Waals surface area contributed by atoms with E-state index in [1.165, 1.54) is 0 Å². The van der Waals surface area contributed by atoms with E-state index in [1.807, 2.05) is 24.3 Å². The number of carbonyl (C=O) groups excluding carboxylic acids is 2. The Hall–Kier alpha value is -2.74. The zero-order chi connectivity index (χ0) is 17.2. The lowest BCUT2D eigenvalue weighted by Gasteiger charge is -2.14. The van der Waals surface area contributed by atoms with Crippen LogP contribution in [0, 0.1) is 0 Å². The largest absolute Gasteiger partial charge is 0.370 e. The highest BCUT2D eigenvalue weighted by Gasteiger charge is 2.27. The van der Waals surface area contributed by atoms with E-state index in [9.17, 15) is 9.59 Å². The quantitative estimate of drug-likeness (QED) is 0.861. The summed E-state index contributed by atoms with van der Waals surface area (Å²) in [5.74, 6) is 0.633. The Balaban J connectivity index is 1.29. The zero-order valence-electron chi connectivity index (χ0n) is 13.7. The molecular weight excluding hydrogens is 322 g/mol. The molecule has 0 spiro atoms. The van der Waals surface area contributed by atoms with Crippen molar-refractivity contribution in [3.8, 4) is 0 Å². The Morgan fingerprint density at radius 3 is 3.08 bits per heavy atom. The van der Waals surface area contributed by atoms with Crippen molar-refractivity contribution in [1.29, 1.82) is 0 Å². The molecule has 2 amide bonds. The van der Waals surface area contributed by atoms with Crippen molar-refractivity contribution in [2.24, 2.45) is 0 Å². The van der Waals surface area contributed by atoms with Crippen LogP contribution in [0.2, 0.25) is 0 Å². The zero-order valence-corrected chi connectivity index (χ0v) is 13.7. The van der Waals surface area contributed by atoms with Gasteiger partial charge in [0.15, 0.2) is 5.82 Å². The maximum absolute atomic E-state index is 12.3. The number of benzene rings is 1. The predicted octanol–water partition coefficient (Wildman–Crippen LogP) is 1.64. The number of fused-ring (bicyclic) bond motifs is 1. The molecule has 1 atom stereocenters. The normalized spacial score (nSPS) is 19.3. The molecule has 1 fully saturated rings. The Morgan fingerprint density at radius 1 is 1.40 bits per heavy atom. The van der Waals surface area contributed by atoms with E-state index in [0.717, 1.165) is 30.6 Å². The molecule has 1 aromatic carbocycles. The smallest absolute Gasteiger partial charge is 0.254 e. The van der Waals surface area contributed by atoms with Crippen molar-refractivity contribution in [3.05, 3.63) is 41.2 Å². The summed E-state index contributed by atoms with van der Waals surface area (Å²) in [6.45, 7) is 1.63. The number of carbonyl (C=O) groups is 2. The van der Waals surface area contributed by atoms with Crippen LogP contribution in [0.3, 0.4) is 0 Å². The molecule has 0 radical (unpaired) electrons. The summed E-state index contributed by atoms with van der Waals surface area (Å²) in [5, 5.41) is 9.46. The number of hydrogen-bond donors (Lipinski definition) is 2. The lowest BCUT2D eigenvalue weighted by molar-refractivity contribution is -0.116. The Kier molecular flexibility index (Phi) is 4.19. The van der Waals surface area contributed by atoms with Gasteiger partial charge in [-0.05, 0) is 24.5 Å². The minimum absolute atomic E-state index is 0.0260. The van der Waals surface area contributed by atoms with Crippen molar-refractivity contribution in [2.75, 3.05) is 18.5 Å². The van der Waals surface area contributed by atoms with Crippen LogP contribution in [-0.4, -0.2) is 45.0 Å². The SMILES string of the molecule is O=C(CCN1Cc2ccccc2C1=O)Nc1n[nH]c([C@H]2CCCO2)n1. The molecule has 2 N–H and O–H groups in total. The van der Waals surface area contributed by atoms with Crippen LogP contribution in [0.15, 0.2) is 24.3 Å². The summed E-state index contributed by atoms with van der Waals surface area (Å²) >= 11 is 0. The number of anilines is 1. The lowest BCUT2D eigenvalue weighted by atomic mass is 10.1. The molecule has 8 nitrogen and oxygen atoms in total. The minimum atomic E-state index is -0.221. The third kappa shape index (κ3) is 3.25. The van der Waals surface area contributed by atoms with Crippen molar-refractivity contribution in [2.45, 2.75) is 31.9 Å². The first kappa shape index (κ1) is 15.8. The number of ether oxygens (including phenoxy) is 1. The van der Waals surface area contributed by atoms with E-state index >= 15 is 0 Å². The van der Waals surface area contributed by atoms with E-state index in [0.29, 0.717) is 18.9 Å². The van der Waals surface area contributed by atoms with Crippen molar-refractivity contribution in [3.63, 3.8) is 0 Å². The highest BCUT2D eigenvalue weighted by atomic mass is 16.5. The van der Waals surface area contributed by atoms with Gasteiger partial charge in [0.25, 0.3) is 5.91 Å². The van der Waals surface area contributed by atoms with Gasteiger partial charge in [0.05, 0.1) is 0 Å². The van der Waals surface area contributed by atoms with Crippen LogP contribution < -0.4 is 5.32 Å². The summed E-state index contributed by atoms with van der Waals surface area (Å²) in [4.78, 5) is 30.3. The first-order valence-electron chi connectivity index (χ1n) is 8.41. The molecule has 2 aromatic rings. The van der Waals surface area contributed by atoms with Gasteiger partial charge < -0.3 is 9.64 Å². The predicted molar refractivity (Wildman–Crippen MR) is 88.7 cm³/mol. The van der Waals surface area contributed by atoms with Crippen LogP contribution >= 0.6 is 0 Å². The number of aromatic nitrogens is 3. The van der Waals surface area contributed by atoms with E-state index in [1.54, 1.807) is 4.90 Å². The van der Waals surface area contributed by atoms with Crippen LogP contribution in [0.4, 0.5) is 5.95 Å². The summed E-state index contributed by atoms with van der Waals surface area (Å²) in [6, 6.07) is 7.52. The van der Waals surface area contributed by atoms with Crippen LogP contribution in [-0.2, 0) is 16.1 Å². The highest BCUT2D eigenvalue weighted by molar-refractivity contribution is 5.98. The molecule has 2 aliphatic rings. The minimum Gasteiger partial charge on any atom is -0.370 e. The molecule has 0 bridgehead atoms. The first-order chi connectivity index (χ1) is 12.2. The Morgan fingerprint density at radius 2 is 2.28 bits per heavy atom. The average molecular weight is 341 g/mol. The number of amides is 2. The standard InChI is InChI=1S/C17H19N5O3/c23-14(18-17-19-15(20-21-17)13-6-3-9-25-13)7-8-22-10-11-4-1-2-5-12(11)16(22)24/h1-2,4-5,13H,3,6-10H2,(H2,18,19,20,21,23)/t13-/m1/s1. The maximum atomic E-state index is 12.3. The molecule has 1 saturated heterocycles.